The monoisotopic (exact) mass is 261 g/mol. The Balaban J connectivity index is 2.28. The van der Waals surface area contributed by atoms with Crippen LogP contribution in [0.2, 0.25) is 0 Å². The lowest BCUT2D eigenvalue weighted by Crippen LogP contribution is -2.14. The molecule has 0 aliphatic carbocycles. The third-order valence-corrected chi connectivity index (χ3v) is 3.10. The van der Waals surface area contributed by atoms with E-state index in [0.29, 0.717) is 5.92 Å². The average Bonchev–Trinajstić information content (AvgIpc) is 2.72. The molecule has 0 fully saturated rings. The van der Waals surface area contributed by atoms with Crippen molar-refractivity contribution in [1.82, 2.24) is 9.97 Å². The van der Waals surface area contributed by atoms with Crippen molar-refractivity contribution in [2.24, 2.45) is 11.7 Å². The molecule has 0 aliphatic heterocycles. The molecular weight excluding hydrogens is 241 g/mol. The Hall–Kier alpha value is -1.68. The van der Waals surface area contributed by atoms with Gasteiger partial charge in [-0.25, -0.2) is 9.37 Å². The topological polar surface area (TPSA) is 54.7 Å². The molecule has 1 aromatic carbocycles. The minimum atomic E-state index is -0.242. The van der Waals surface area contributed by atoms with Crippen molar-refractivity contribution in [3.63, 3.8) is 0 Å². The Morgan fingerprint density at radius 1 is 1.26 bits per heavy atom. The SMILES string of the molecule is Cc1[nH]c(C(N)CC(C)C)nc1-c1ccc(F)cc1. The van der Waals surface area contributed by atoms with Crippen molar-refractivity contribution in [2.45, 2.75) is 33.2 Å². The minimum Gasteiger partial charge on any atom is -0.344 e. The first-order chi connectivity index (χ1) is 8.97. The normalized spacial score (nSPS) is 12.9. The van der Waals surface area contributed by atoms with E-state index in [4.69, 9.17) is 5.73 Å². The highest BCUT2D eigenvalue weighted by atomic mass is 19.1. The number of hydrogen-bond donors (Lipinski definition) is 2. The molecule has 102 valence electrons. The molecule has 0 saturated carbocycles. The van der Waals surface area contributed by atoms with Gasteiger partial charge in [-0.3, -0.25) is 0 Å². The zero-order valence-corrected chi connectivity index (χ0v) is 11.6. The molecule has 3 N–H and O–H groups in total. The van der Waals surface area contributed by atoms with Gasteiger partial charge in [-0.15, -0.1) is 0 Å². The van der Waals surface area contributed by atoms with Gasteiger partial charge in [0.1, 0.15) is 11.6 Å². The van der Waals surface area contributed by atoms with E-state index in [-0.39, 0.29) is 11.9 Å². The summed E-state index contributed by atoms with van der Waals surface area (Å²) in [5.41, 5.74) is 8.83. The Labute approximate surface area is 113 Å². The summed E-state index contributed by atoms with van der Waals surface area (Å²) in [7, 11) is 0. The number of aromatic nitrogens is 2. The van der Waals surface area contributed by atoms with Crippen LogP contribution in [-0.4, -0.2) is 9.97 Å². The van der Waals surface area contributed by atoms with Crippen molar-refractivity contribution >= 4 is 0 Å². The maximum absolute atomic E-state index is 12.9. The van der Waals surface area contributed by atoms with Gasteiger partial charge in [0.15, 0.2) is 0 Å². The van der Waals surface area contributed by atoms with Gasteiger partial charge in [-0.05, 0) is 43.5 Å². The van der Waals surface area contributed by atoms with Crippen LogP contribution in [0.4, 0.5) is 4.39 Å². The quantitative estimate of drug-likeness (QED) is 0.884. The number of rotatable bonds is 4. The first kappa shape index (κ1) is 13.7. The van der Waals surface area contributed by atoms with Crippen molar-refractivity contribution in [2.75, 3.05) is 0 Å². The van der Waals surface area contributed by atoms with Crippen LogP contribution in [0.1, 0.15) is 37.8 Å². The number of nitrogens with zero attached hydrogens (tertiary/aromatic N) is 1. The van der Waals surface area contributed by atoms with E-state index in [1.165, 1.54) is 12.1 Å². The molecule has 3 nitrogen and oxygen atoms in total. The molecule has 19 heavy (non-hydrogen) atoms. The molecule has 1 aromatic heterocycles. The van der Waals surface area contributed by atoms with Gasteiger partial charge in [0.2, 0.25) is 0 Å². The smallest absolute Gasteiger partial charge is 0.124 e. The van der Waals surface area contributed by atoms with Crippen LogP contribution < -0.4 is 5.73 Å². The maximum Gasteiger partial charge on any atom is 0.124 e. The number of aryl methyl sites for hydroxylation is 1. The third kappa shape index (κ3) is 3.20. The highest BCUT2D eigenvalue weighted by molar-refractivity contribution is 5.61. The second-order valence-electron chi connectivity index (χ2n) is 5.34. The summed E-state index contributed by atoms with van der Waals surface area (Å²) in [5.74, 6) is 1.08. The minimum absolute atomic E-state index is 0.0899. The summed E-state index contributed by atoms with van der Waals surface area (Å²) in [6.45, 7) is 6.23. The van der Waals surface area contributed by atoms with Crippen LogP contribution in [-0.2, 0) is 0 Å². The summed E-state index contributed by atoms with van der Waals surface area (Å²) in [5, 5.41) is 0. The van der Waals surface area contributed by atoms with Crippen LogP contribution in [0.25, 0.3) is 11.3 Å². The zero-order valence-electron chi connectivity index (χ0n) is 11.6. The Kier molecular flexibility index (Phi) is 4.00. The largest absolute Gasteiger partial charge is 0.344 e. The van der Waals surface area contributed by atoms with E-state index in [0.717, 1.165) is 29.2 Å². The molecule has 0 saturated heterocycles. The molecule has 0 radical (unpaired) electrons. The molecule has 1 atom stereocenters. The molecule has 4 heteroatoms. The van der Waals surface area contributed by atoms with Gasteiger partial charge < -0.3 is 10.7 Å². The first-order valence-electron chi connectivity index (χ1n) is 6.55. The predicted molar refractivity (Wildman–Crippen MR) is 75.1 cm³/mol. The summed E-state index contributed by atoms with van der Waals surface area (Å²) in [4.78, 5) is 7.79. The Morgan fingerprint density at radius 3 is 2.47 bits per heavy atom. The van der Waals surface area contributed by atoms with Crippen LogP contribution in [0.5, 0.6) is 0 Å². The van der Waals surface area contributed by atoms with Gasteiger partial charge in [-0.2, -0.15) is 0 Å². The zero-order chi connectivity index (χ0) is 14.0. The molecule has 2 rings (SSSR count). The molecular formula is C15H20FN3. The van der Waals surface area contributed by atoms with E-state index in [2.05, 4.69) is 23.8 Å². The number of H-pyrrole nitrogens is 1. The Morgan fingerprint density at radius 2 is 1.89 bits per heavy atom. The van der Waals surface area contributed by atoms with Crippen molar-refractivity contribution in [3.8, 4) is 11.3 Å². The lowest BCUT2D eigenvalue weighted by Gasteiger charge is -2.10. The number of halogens is 1. The fraction of sp³-hybridized carbons (Fsp3) is 0.400. The summed E-state index contributed by atoms with van der Waals surface area (Å²) < 4.78 is 12.9. The fourth-order valence-corrected chi connectivity index (χ4v) is 2.17. The number of benzene rings is 1. The summed E-state index contributed by atoms with van der Waals surface area (Å²) in [6, 6.07) is 6.26. The maximum atomic E-state index is 12.9. The molecule has 0 bridgehead atoms. The molecule has 1 heterocycles. The van der Waals surface area contributed by atoms with E-state index in [9.17, 15) is 4.39 Å². The lowest BCUT2D eigenvalue weighted by molar-refractivity contribution is 0.495. The lowest BCUT2D eigenvalue weighted by atomic mass is 10.0. The third-order valence-electron chi connectivity index (χ3n) is 3.10. The van der Waals surface area contributed by atoms with Crippen LogP contribution >= 0.6 is 0 Å². The number of imidazole rings is 1. The van der Waals surface area contributed by atoms with Crippen LogP contribution in [0, 0.1) is 18.7 Å². The van der Waals surface area contributed by atoms with Gasteiger partial charge >= 0.3 is 0 Å². The standard InChI is InChI=1S/C15H20FN3/c1-9(2)8-13(17)15-18-10(3)14(19-15)11-4-6-12(16)7-5-11/h4-7,9,13H,8,17H2,1-3H3,(H,18,19). The summed E-state index contributed by atoms with van der Waals surface area (Å²) >= 11 is 0. The first-order valence-corrected chi connectivity index (χ1v) is 6.55. The molecule has 2 aromatic rings. The fourth-order valence-electron chi connectivity index (χ4n) is 2.17. The molecule has 0 aliphatic rings. The predicted octanol–water partition coefficient (Wildman–Crippen LogP) is 3.57. The van der Waals surface area contributed by atoms with Gasteiger partial charge in [-0.1, -0.05) is 13.8 Å². The number of hydrogen-bond acceptors (Lipinski definition) is 2. The van der Waals surface area contributed by atoms with Gasteiger partial charge in [0.05, 0.1) is 11.7 Å². The molecule has 0 amide bonds. The van der Waals surface area contributed by atoms with E-state index >= 15 is 0 Å². The van der Waals surface area contributed by atoms with Crippen LogP contribution in [0.3, 0.4) is 0 Å². The van der Waals surface area contributed by atoms with Gasteiger partial charge in [0, 0.05) is 11.3 Å². The van der Waals surface area contributed by atoms with Crippen molar-refractivity contribution in [1.29, 1.82) is 0 Å². The number of nitrogens with one attached hydrogen (secondary N) is 1. The van der Waals surface area contributed by atoms with E-state index in [1.54, 1.807) is 12.1 Å². The van der Waals surface area contributed by atoms with Crippen molar-refractivity contribution < 1.29 is 4.39 Å². The second-order valence-corrected chi connectivity index (χ2v) is 5.34. The highest BCUT2D eigenvalue weighted by Gasteiger charge is 2.15. The molecule has 0 spiro atoms. The van der Waals surface area contributed by atoms with E-state index in [1.807, 2.05) is 6.92 Å². The highest BCUT2D eigenvalue weighted by Crippen LogP contribution is 2.24. The average molecular weight is 261 g/mol. The second kappa shape index (κ2) is 5.53. The number of nitrogens with two attached hydrogens (primary N) is 1. The van der Waals surface area contributed by atoms with Gasteiger partial charge in [0.25, 0.3) is 0 Å². The summed E-state index contributed by atoms with van der Waals surface area (Å²) in [6.07, 6.45) is 0.885. The Bertz CT molecular complexity index is 543. The molecule has 1 unspecified atom stereocenters. The number of aromatic amines is 1. The van der Waals surface area contributed by atoms with Crippen molar-refractivity contribution in [3.05, 3.63) is 41.6 Å². The van der Waals surface area contributed by atoms with Crippen LogP contribution in [0.15, 0.2) is 24.3 Å². The van der Waals surface area contributed by atoms with E-state index < -0.39 is 0 Å².